The maximum Gasteiger partial charge on any atom is 0.316 e. The van der Waals surface area contributed by atoms with Crippen molar-refractivity contribution < 1.29 is 19.1 Å². The third-order valence-electron chi connectivity index (χ3n) is 5.03. The van der Waals surface area contributed by atoms with Crippen LogP contribution in [-0.4, -0.2) is 31.7 Å². The Kier molecular flexibility index (Phi) is 6.71. The average Bonchev–Trinajstić information content (AvgIpc) is 2.87. The second kappa shape index (κ2) is 8.78. The smallest absolute Gasteiger partial charge is 0.316 e. The lowest BCUT2D eigenvalue weighted by Crippen LogP contribution is -2.59. The van der Waals surface area contributed by atoms with Gasteiger partial charge in [0, 0.05) is 5.56 Å². The van der Waals surface area contributed by atoms with Crippen LogP contribution < -0.4 is 25.8 Å². The lowest BCUT2D eigenvalue weighted by atomic mass is 9.89. The minimum absolute atomic E-state index is 0.337. The normalized spacial score (nSPS) is 17.5. The molecule has 1 atom stereocenters. The van der Waals surface area contributed by atoms with Gasteiger partial charge in [-0.2, -0.15) is 0 Å². The number of carbonyl (C=O) groups excluding carboxylic acids is 2. The summed E-state index contributed by atoms with van der Waals surface area (Å²) in [6.45, 7) is 1.85. The van der Waals surface area contributed by atoms with Gasteiger partial charge in [-0.1, -0.05) is 25.7 Å². The minimum atomic E-state index is -0.973. The zero-order valence-electron chi connectivity index (χ0n) is 15.8. The average molecular weight is 363 g/mol. The van der Waals surface area contributed by atoms with Crippen molar-refractivity contribution in [2.24, 2.45) is 5.73 Å². The summed E-state index contributed by atoms with van der Waals surface area (Å²) in [5.74, 6) is 0.853. The molecule has 1 aliphatic rings. The third kappa shape index (κ3) is 4.59. The molecule has 0 radical (unpaired) electrons. The van der Waals surface area contributed by atoms with Crippen molar-refractivity contribution in [3.63, 3.8) is 0 Å². The molecule has 0 unspecified atom stereocenters. The summed E-state index contributed by atoms with van der Waals surface area (Å²) in [5, 5.41) is 5.72. The summed E-state index contributed by atoms with van der Waals surface area (Å²) >= 11 is 0. The maximum atomic E-state index is 12.6. The molecule has 1 aromatic carbocycles. The number of primary amides is 1. The highest BCUT2D eigenvalue weighted by Crippen LogP contribution is 2.30. The van der Waals surface area contributed by atoms with Crippen LogP contribution >= 0.6 is 0 Å². The van der Waals surface area contributed by atoms with Gasteiger partial charge in [-0.25, -0.2) is 4.79 Å². The summed E-state index contributed by atoms with van der Waals surface area (Å²) in [6.07, 6.45) is 5.01. The molecule has 26 heavy (non-hydrogen) atoms. The molecule has 2 rings (SSSR count). The zero-order valence-corrected chi connectivity index (χ0v) is 15.8. The van der Waals surface area contributed by atoms with E-state index in [4.69, 9.17) is 15.2 Å². The van der Waals surface area contributed by atoms with Gasteiger partial charge in [0.1, 0.15) is 17.0 Å². The molecule has 1 fully saturated rings. The molecule has 0 spiro atoms. The monoisotopic (exact) mass is 363 g/mol. The highest BCUT2D eigenvalue weighted by Gasteiger charge is 2.38. The fourth-order valence-corrected chi connectivity index (χ4v) is 3.47. The Hall–Kier alpha value is -2.44. The number of nitrogens with two attached hydrogens (primary N) is 1. The van der Waals surface area contributed by atoms with E-state index in [2.05, 4.69) is 10.6 Å². The van der Waals surface area contributed by atoms with E-state index in [9.17, 15) is 9.59 Å². The Morgan fingerprint density at radius 2 is 1.77 bits per heavy atom. The zero-order chi connectivity index (χ0) is 19.2. The van der Waals surface area contributed by atoms with Crippen LogP contribution in [0.1, 0.15) is 57.1 Å². The maximum absolute atomic E-state index is 12.6. The SMILES string of the molecule is COc1ccc(OC)c([C@@H](C)NC(=O)NC2(C(N)=O)CCCCCC2)c1. The number of rotatable bonds is 6. The lowest BCUT2D eigenvalue weighted by Gasteiger charge is -2.31. The number of methoxy groups -OCH3 is 2. The van der Waals surface area contributed by atoms with Gasteiger partial charge in [0.25, 0.3) is 0 Å². The predicted octanol–water partition coefficient (Wildman–Crippen LogP) is 2.64. The van der Waals surface area contributed by atoms with Crippen LogP contribution in [0.4, 0.5) is 4.79 Å². The molecule has 0 aliphatic heterocycles. The quantitative estimate of drug-likeness (QED) is 0.676. The van der Waals surface area contributed by atoms with Crippen molar-refractivity contribution >= 4 is 11.9 Å². The first-order valence-electron chi connectivity index (χ1n) is 9.02. The van der Waals surface area contributed by atoms with Crippen LogP contribution in [-0.2, 0) is 4.79 Å². The van der Waals surface area contributed by atoms with Crippen LogP contribution in [0.5, 0.6) is 11.5 Å². The van der Waals surface area contributed by atoms with E-state index in [-0.39, 0.29) is 6.04 Å². The van der Waals surface area contributed by atoms with Crippen LogP contribution in [0.15, 0.2) is 18.2 Å². The van der Waals surface area contributed by atoms with E-state index in [0.717, 1.165) is 31.2 Å². The number of urea groups is 1. The van der Waals surface area contributed by atoms with Gasteiger partial charge >= 0.3 is 6.03 Å². The molecule has 0 saturated heterocycles. The molecule has 1 aliphatic carbocycles. The van der Waals surface area contributed by atoms with Crippen molar-refractivity contribution in [1.82, 2.24) is 10.6 Å². The van der Waals surface area contributed by atoms with Crippen molar-refractivity contribution in [2.75, 3.05) is 14.2 Å². The lowest BCUT2D eigenvalue weighted by molar-refractivity contribution is -0.124. The number of hydrogen-bond acceptors (Lipinski definition) is 4. The molecule has 7 heteroatoms. The van der Waals surface area contributed by atoms with Gasteiger partial charge < -0.3 is 25.8 Å². The Morgan fingerprint density at radius 3 is 2.31 bits per heavy atom. The van der Waals surface area contributed by atoms with E-state index in [1.54, 1.807) is 26.4 Å². The van der Waals surface area contributed by atoms with Crippen LogP contribution in [0.25, 0.3) is 0 Å². The molecular formula is C19H29N3O4. The number of hydrogen-bond donors (Lipinski definition) is 3. The largest absolute Gasteiger partial charge is 0.497 e. The summed E-state index contributed by atoms with van der Waals surface area (Å²) in [5.41, 5.74) is 5.44. The predicted molar refractivity (Wildman–Crippen MR) is 99.3 cm³/mol. The number of nitrogens with one attached hydrogen (secondary N) is 2. The fraction of sp³-hybridized carbons (Fsp3) is 0.579. The van der Waals surface area contributed by atoms with Crippen molar-refractivity contribution in [2.45, 2.75) is 57.0 Å². The summed E-state index contributed by atoms with van der Waals surface area (Å²) in [4.78, 5) is 24.6. The second-order valence-corrected chi connectivity index (χ2v) is 6.79. The molecular weight excluding hydrogens is 334 g/mol. The minimum Gasteiger partial charge on any atom is -0.497 e. The van der Waals surface area contributed by atoms with Crippen LogP contribution in [0.2, 0.25) is 0 Å². The third-order valence-corrected chi connectivity index (χ3v) is 5.03. The molecule has 3 amide bonds. The molecule has 0 bridgehead atoms. The summed E-state index contributed by atoms with van der Waals surface area (Å²) in [6, 6.07) is 4.65. The van der Waals surface area contributed by atoms with Gasteiger partial charge in [0.15, 0.2) is 0 Å². The first kappa shape index (κ1) is 19.9. The topological polar surface area (TPSA) is 103 Å². The van der Waals surface area contributed by atoms with Crippen molar-refractivity contribution in [3.8, 4) is 11.5 Å². The highest BCUT2D eigenvalue weighted by atomic mass is 16.5. The van der Waals surface area contributed by atoms with Gasteiger partial charge in [0.2, 0.25) is 5.91 Å². The Balaban J connectivity index is 2.12. The van der Waals surface area contributed by atoms with E-state index < -0.39 is 17.5 Å². The molecule has 1 saturated carbocycles. The number of amides is 3. The molecule has 1 aromatic rings. The Morgan fingerprint density at radius 1 is 1.12 bits per heavy atom. The van der Waals surface area contributed by atoms with Crippen LogP contribution in [0, 0.1) is 0 Å². The summed E-state index contributed by atoms with van der Waals surface area (Å²) < 4.78 is 10.6. The molecule has 4 N–H and O–H groups in total. The van der Waals surface area contributed by atoms with E-state index in [1.165, 1.54) is 0 Å². The van der Waals surface area contributed by atoms with E-state index in [0.29, 0.717) is 24.3 Å². The first-order valence-corrected chi connectivity index (χ1v) is 9.02. The van der Waals surface area contributed by atoms with Gasteiger partial charge in [-0.05, 0) is 38.0 Å². The van der Waals surface area contributed by atoms with E-state index >= 15 is 0 Å². The van der Waals surface area contributed by atoms with Gasteiger partial charge in [-0.3, -0.25) is 4.79 Å². The number of benzene rings is 1. The molecule has 0 heterocycles. The molecule has 144 valence electrons. The number of carbonyl (C=O) groups is 2. The van der Waals surface area contributed by atoms with Crippen LogP contribution in [0.3, 0.4) is 0 Å². The Labute approximate surface area is 154 Å². The summed E-state index contributed by atoms with van der Waals surface area (Å²) in [7, 11) is 3.16. The molecule has 7 nitrogen and oxygen atoms in total. The van der Waals surface area contributed by atoms with Gasteiger partial charge in [0.05, 0.1) is 20.3 Å². The van der Waals surface area contributed by atoms with Gasteiger partial charge in [-0.15, -0.1) is 0 Å². The van der Waals surface area contributed by atoms with Crippen molar-refractivity contribution in [1.29, 1.82) is 0 Å². The fourth-order valence-electron chi connectivity index (χ4n) is 3.47. The Bertz CT molecular complexity index is 640. The molecule has 0 aromatic heterocycles. The number of ether oxygens (including phenoxy) is 2. The standard InChI is InChI=1S/C19H29N3O4/c1-13(15-12-14(25-2)8-9-16(15)26-3)21-18(24)22-19(17(20)23)10-6-4-5-7-11-19/h8-9,12-13H,4-7,10-11H2,1-3H3,(H2,20,23)(H2,21,22,24)/t13-/m1/s1. The first-order chi connectivity index (χ1) is 12.4. The van der Waals surface area contributed by atoms with E-state index in [1.807, 2.05) is 13.0 Å². The second-order valence-electron chi connectivity index (χ2n) is 6.79. The van der Waals surface area contributed by atoms with Crippen molar-refractivity contribution in [3.05, 3.63) is 23.8 Å². The highest BCUT2D eigenvalue weighted by molar-refractivity contribution is 5.90.